The van der Waals surface area contributed by atoms with Crippen LogP contribution in [-0.2, 0) is 70.3 Å². The SMILES string of the molecule is CC(C)(C)[C@@H]1OC[C@]2([C@@H](O)[C@@H]3C=CCCC3)N1C(=O)[C@@H]1CC(OCc3ccccc3)O[C@@]12C.CC(C)(C)[C@@H]1OC[C@]2([C@@H](O)[C@@H]3C=CCCC3)N1C(=O)[C@H](CCO)[C@]2(C)O.CC(C)(C)[C@@H]1OC[C@]2([C@H](O)[C@@H]3C=CCCC3)N1C(=O)[C@@H]1CC(OCc3ccccc3)O[C@@]12C.CC(C)(C)[C@@H]1OC[C@]2([C@H](O)[C@@H]3C=CCCC3)N1C(=O)[C@H](CCO)[C@]2(C)O. The first kappa shape index (κ1) is 90.4. The Morgan fingerprint density at radius 3 is 0.924 bits per heavy atom. The van der Waals surface area contributed by atoms with Gasteiger partial charge in [0.2, 0.25) is 23.6 Å². The molecule has 0 bridgehead atoms. The summed E-state index contributed by atoms with van der Waals surface area (Å²) in [7, 11) is 0. The molecule has 24 nitrogen and oxygen atoms in total. The highest BCUT2D eigenvalue weighted by Gasteiger charge is 2.81. The standard InChI is InChI=1S/2C27H37NO5.2C20H33NO5/c2*1-25(2,3)24-28-23(30)20-15-21(31-16-18-11-7-5-8-12-18)33-26(20,4)27(28,17-32-24)22(29)19-13-9-6-10-14-19;2*1-18(2,3)17-21-16(24)14(10-11-22)19(4,25)20(21,12-26-17)15(23)13-8-6-5-7-9-13/h2*5,7-9,11-13,19-22,24,29H,6,10,14-17H2,1-4H3;2*6,8,13-15,17,22-23,25H,5,7,9-12H2,1-4H3/t19-,20+,21?,22+,24+,26+,27-;19-,20+,21?,22-,24+,26+,27-;13-,14+,15+,17+,19+,20-;13-,14+,15-,17+,19+,20-/m1111/s1. The van der Waals surface area contributed by atoms with Crippen molar-refractivity contribution in [1.82, 2.24) is 19.6 Å². The second-order valence-corrected chi connectivity index (χ2v) is 41.4. The second-order valence-electron chi connectivity index (χ2n) is 41.4. The summed E-state index contributed by atoms with van der Waals surface area (Å²) in [5.41, 5.74) is -8.19. The topological polar surface area (TPSA) is 317 Å². The molecule has 118 heavy (non-hydrogen) atoms. The van der Waals surface area contributed by atoms with E-state index in [0.29, 0.717) is 26.1 Å². The van der Waals surface area contributed by atoms with Crippen LogP contribution in [0.3, 0.4) is 0 Å². The van der Waals surface area contributed by atoms with Gasteiger partial charge in [0.25, 0.3) is 0 Å². The fourth-order valence-electron chi connectivity index (χ4n) is 23.2. The molecular weight excluding hydrogens is 1510 g/mol. The zero-order valence-corrected chi connectivity index (χ0v) is 73.0. The highest BCUT2D eigenvalue weighted by molar-refractivity contribution is 5.88. The van der Waals surface area contributed by atoms with Crippen LogP contribution in [0.15, 0.2) is 109 Å². The Labute approximate surface area is 700 Å². The van der Waals surface area contributed by atoms with Crippen LogP contribution in [0.25, 0.3) is 0 Å². The Hall–Kier alpha value is -5.36. The Bertz CT molecular complexity index is 3730. The molecule has 10 fully saturated rings. The maximum absolute atomic E-state index is 13.9. The lowest BCUT2D eigenvalue weighted by Gasteiger charge is -2.48. The third-order valence-electron chi connectivity index (χ3n) is 29.5. The van der Waals surface area contributed by atoms with E-state index in [9.17, 15) is 60.0 Å². The van der Waals surface area contributed by atoms with Crippen LogP contribution in [0.5, 0.6) is 0 Å². The van der Waals surface area contributed by atoms with Crippen molar-refractivity contribution >= 4 is 23.6 Å². The number of hydrogen-bond donors (Lipinski definition) is 8. The molecule has 2 unspecified atom stereocenters. The van der Waals surface area contributed by atoms with E-state index in [1.165, 1.54) is 0 Å². The second kappa shape index (κ2) is 33.9. The Balaban J connectivity index is 0.000000137. The smallest absolute Gasteiger partial charge is 0.231 e. The first-order valence-corrected chi connectivity index (χ1v) is 44.1. The molecule has 10 saturated heterocycles. The maximum atomic E-state index is 13.9. The van der Waals surface area contributed by atoms with Gasteiger partial charge in [-0.25, -0.2) is 0 Å². The first-order chi connectivity index (χ1) is 55.5. The molecule has 24 heteroatoms. The van der Waals surface area contributed by atoms with Crippen LogP contribution in [0.2, 0.25) is 0 Å². The van der Waals surface area contributed by atoms with E-state index in [1.54, 1.807) is 23.6 Å². The quantitative estimate of drug-likeness (QED) is 0.0643. The molecule has 0 radical (unpaired) electrons. The number of benzene rings is 2. The van der Waals surface area contributed by atoms with Gasteiger partial charge in [0.05, 0.1) is 87.7 Å². The molecule has 4 amide bonds. The lowest BCUT2D eigenvalue weighted by atomic mass is 9.68. The van der Waals surface area contributed by atoms with Crippen LogP contribution < -0.4 is 0 Å². The lowest BCUT2D eigenvalue weighted by molar-refractivity contribution is -0.216. The van der Waals surface area contributed by atoms with Gasteiger partial charge in [0, 0.05) is 71.4 Å². The molecule has 0 spiro atoms. The molecule has 8 N–H and O–H groups in total. The number of aliphatic hydroxyl groups is 8. The molecule has 10 aliphatic heterocycles. The number of aliphatic hydroxyl groups excluding tert-OH is 6. The molecule has 0 aromatic heterocycles. The van der Waals surface area contributed by atoms with Gasteiger partial charge >= 0.3 is 0 Å². The molecule has 4 aliphatic carbocycles. The third-order valence-corrected chi connectivity index (χ3v) is 29.5. The van der Waals surface area contributed by atoms with Gasteiger partial charge in [0.15, 0.2) is 12.6 Å². The predicted octanol–water partition coefficient (Wildman–Crippen LogP) is 10.9. The van der Waals surface area contributed by atoms with Crippen LogP contribution >= 0.6 is 0 Å². The molecular formula is C94H140N4O20. The fourth-order valence-corrected chi connectivity index (χ4v) is 23.2. The minimum absolute atomic E-state index is 0.0135. The van der Waals surface area contributed by atoms with Crippen molar-refractivity contribution in [3.05, 3.63) is 120 Å². The minimum atomic E-state index is -1.49. The summed E-state index contributed by atoms with van der Waals surface area (Å²) in [6.07, 6.45) is 23.3. The average molecular weight is 1650 g/mol. The molecule has 0 saturated carbocycles. The number of carbonyl (C=O) groups is 4. The number of amides is 4. The summed E-state index contributed by atoms with van der Waals surface area (Å²) >= 11 is 0. The van der Waals surface area contributed by atoms with E-state index in [-0.39, 0.29) is 133 Å². The fraction of sp³-hybridized carbons (Fsp3) is 0.745. The van der Waals surface area contributed by atoms with Gasteiger partial charge in [-0.15, -0.1) is 0 Å². The van der Waals surface area contributed by atoms with Gasteiger partial charge in [0.1, 0.15) is 69.5 Å². The molecule has 2 aromatic rings. The number of carbonyl (C=O) groups excluding carboxylic acids is 4. The normalized spacial score (nSPS) is 40.2. The predicted molar refractivity (Wildman–Crippen MR) is 442 cm³/mol. The number of ether oxygens (including phenoxy) is 8. The van der Waals surface area contributed by atoms with Crippen molar-refractivity contribution in [3.8, 4) is 0 Å². The summed E-state index contributed by atoms with van der Waals surface area (Å²) in [5, 5.41) is 88.6. The molecule has 16 rings (SSSR count). The van der Waals surface area contributed by atoms with E-state index in [0.717, 1.165) is 88.2 Å². The average Bonchev–Trinajstić information content (AvgIpc) is 1.52. The Morgan fingerprint density at radius 2 is 0.669 bits per heavy atom. The van der Waals surface area contributed by atoms with Crippen LogP contribution in [0.1, 0.15) is 225 Å². The first-order valence-electron chi connectivity index (χ1n) is 44.1. The summed E-state index contributed by atoms with van der Waals surface area (Å²) in [6, 6.07) is 20.0. The summed E-state index contributed by atoms with van der Waals surface area (Å²) in [4.78, 5) is 61.4. The van der Waals surface area contributed by atoms with Gasteiger partial charge in [-0.05, 0) is 129 Å². The van der Waals surface area contributed by atoms with E-state index in [4.69, 9.17) is 37.9 Å². The molecule has 2 aromatic carbocycles. The molecule has 14 aliphatic rings. The summed E-state index contributed by atoms with van der Waals surface area (Å²) in [6.45, 7) is 32.9. The van der Waals surface area contributed by atoms with E-state index in [2.05, 4.69) is 78.0 Å². The van der Waals surface area contributed by atoms with Gasteiger partial charge in [-0.3, -0.25) is 19.2 Å². The number of hydrogen-bond acceptors (Lipinski definition) is 20. The van der Waals surface area contributed by atoms with Crippen molar-refractivity contribution < 1.29 is 97.9 Å². The van der Waals surface area contributed by atoms with Crippen molar-refractivity contribution in [3.63, 3.8) is 0 Å². The van der Waals surface area contributed by atoms with E-state index in [1.807, 2.05) is 138 Å². The van der Waals surface area contributed by atoms with Gasteiger partial charge < -0.3 is 98.3 Å². The van der Waals surface area contributed by atoms with Crippen molar-refractivity contribution in [2.75, 3.05) is 39.6 Å². The van der Waals surface area contributed by atoms with Crippen molar-refractivity contribution in [1.29, 1.82) is 0 Å². The van der Waals surface area contributed by atoms with Gasteiger partial charge in [-0.2, -0.15) is 0 Å². The number of rotatable bonds is 18. The minimum Gasteiger partial charge on any atom is -0.396 e. The number of allylic oxidation sites excluding steroid dienone is 4. The largest absolute Gasteiger partial charge is 0.396 e. The van der Waals surface area contributed by atoms with Crippen LogP contribution in [-0.4, -0.2) is 230 Å². The zero-order chi connectivity index (χ0) is 85.5. The zero-order valence-electron chi connectivity index (χ0n) is 73.0. The number of nitrogens with zero attached hydrogens (tertiary/aromatic N) is 4. The van der Waals surface area contributed by atoms with Crippen LogP contribution in [0, 0.1) is 69.0 Å². The maximum Gasteiger partial charge on any atom is 0.231 e. The summed E-state index contributed by atoms with van der Waals surface area (Å²) in [5.74, 6) is -2.98. The van der Waals surface area contributed by atoms with Crippen molar-refractivity contribution in [2.45, 2.75) is 333 Å². The highest BCUT2D eigenvalue weighted by Crippen LogP contribution is 2.64. The Kier molecular flexibility index (Phi) is 26.0. The van der Waals surface area contributed by atoms with Crippen LogP contribution in [0.4, 0.5) is 0 Å². The number of fused-ring (bicyclic) bond motifs is 8. The molecule has 26 atom stereocenters. The molecule has 10 heterocycles. The summed E-state index contributed by atoms with van der Waals surface area (Å²) < 4.78 is 50.1. The van der Waals surface area contributed by atoms with Crippen molar-refractivity contribution in [2.24, 2.45) is 69.0 Å². The monoisotopic (exact) mass is 1650 g/mol. The molecule has 656 valence electrons. The lowest BCUT2D eigenvalue weighted by Crippen LogP contribution is -2.67. The van der Waals surface area contributed by atoms with E-state index >= 15 is 0 Å². The van der Waals surface area contributed by atoms with E-state index < -0.39 is 118 Å². The Morgan fingerprint density at radius 1 is 0.407 bits per heavy atom. The highest BCUT2D eigenvalue weighted by atomic mass is 16.7. The third kappa shape index (κ3) is 15.1. The van der Waals surface area contributed by atoms with Gasteiger partial charge in [-0.1, -0.05) is 192 Å².